The quantitative estimate of drug-likeness (QED) is 0.284. The van der Waals surface area contributed by atoms with Crippen LogP contribution in [0.3, 0.4) is 0 Å². The molecule has 0 aromatic carbocycles. The van der Waals surface area contributed by atoms with Gasteiger partial charge in [0.2, 0.25) is 0 Å². The minimum atomic E-state index is -1.01. The lowest BCUT2D eigenvalue weighted by molar-refractivity contribution is -0.138. The van der Waals surface area contributed by atoms with Gasteiger partial charge in [0.05, 0.1) is 6.42 Å². The van der Waals surface area contributed by atoms with E-state index in [1.165, 1.54) is 51.4 Å². The first kappa shape index (κ1) is 25.5. The van der Waals surface area contributed by atoms with Crippen molar-refractivity contribution in [1.82, 2.24) is 0 Å². The second-order valence-electron chi connectivity index (χ2n) is 7.44. The maximum Gasteiger partial charge on any atom is 0.303 e. The van der Waals surface area contributed by atoms with Crippen molar-refractivity contribution in [3.05, 3.63) is 0 Å². The molecule has 5 nitrogen and oxygen atoms in total. The van der Waals surface area contributed by atoms with Gasteiger partial charge in [-0.15, -0.1) is 0 Å². The Hall–Kier alpha value is -1.52. The van der Waals surface area contributed by atoms with E-state index in [1.807, 2.05) is 0 Å². The minimum absolute atomic E-state index is 0.0275. The molecule has 1 N–H and O–H groups in total. The minimum Gasteiger partial charge on any atom is -0.481 e. The number of aliphatic carboxylic acids is 1. The second kappa shape index (κ2) is 17.9. The molecule has 0 aliphatic heterocycles. The molecule has 5 heteroatoms. The van der Waals surface area contributed by atoms with Crippen molar-refractivity contribution in [1.29, 1.82) is 0 Å². The van der Waals surface area contributed by atoms with Gasteiger partial charge in [0, 0.05) is 38.5 Å². The first-order valence-corrected chi connectivity index (χ1v) is 10.7. The summed E-state index contributed by atoms with van der Waals surface area (Å²) >= 11 is 0. The third-order valence-electron chi connectivity index (χ3n) is 4.79. The fraction of sp³-hybridized carbons (Fsp3) is 0.818. The van der Waals surface area contributed by atoms with Crippen LogP contribution in [0.1, 0.15) is 116 Å². The van der Waals surface area contributed by atoms with E-state index in [1.54, 1.807) is 0 Å². The lowest BCUT2D eigenvalue weighted by atomic mass is 10.0. The van der Waals surface area contributed by atoms with Gasteiger partial charge in [0.25, 0.3) is 0 Å². The molecule has 0 rings (SSSR count). The second-order valence-corrected chi connectivity index (χ2v) is 7.44. The number of carbonyl (C=O) groups excluding carboxylic acids is 3. The van der Waals surface area contributed by atoms with Gasteiger partial charge < -0.3 is 5.11 Å². The van der Waals surface area contributed by atoms with Crippen LogP contribution in [0.2, 0.25) is 0 Å². The van der Waals surface area contributed by atoms with Gasteiger partial charge in [-0.25, -0.2) is 0 Å². The molecular weight excluding hydrogens is 344 g/mol. The van der Waals surface area contributed by atoms with E-state index in [0.29, 0.717) is 6.42 Å². The van der Waals surface area contributed by atoms with Crippen LogP contribution in [-0.4, -0.2) is 28.4 Å². The van der Waals surface area contributed by atoms with Gasteiger partial charge in [-0.3, -0.25) is 19.2 Å². The molecule has 0 saturated heterocycles. The summed E-state index contributed by atoms with van der Waals surface area (Å²) in [7, 11) is 0. The first-order valence-electron chi connectivity index (χ1n) is 10.7. The number of carboxylic acid groups (broad SMARTS) is 1. The molecule has 0 aromatic rings. The number of hydrogen-bond acceptors (Lipinski definition) is 4. The number of carbonyl (C=O) groups is 4. The van der Waals surface area contributed by atoms with Crippen LogP contribution >= 0.6 is 0 Å². The van der Waals surface area contributed by atoms with Crippen LogP contribution in [0.4, 0.5) is 0 Å². The predicted octanol–water partition coefficient (Wildman–Crippen LogP) is 5.43. The van der Waals surface area contributed by atoms with E-state index >= 15 is 0 Å². The zero-order chi connectivity index (χ0) is 20.3. The molecule has 0 amide bonds. The Balaban J connectivity index is 3.48. The summed E-state index contributed by atoms with van der Waals surface area (Å²) in [5.41, 5.74) is 0. The van der Waals surface area contributed by atoms with Crippen LogP contribution < -0.4 is 0 Å². The van der Waals surface area contributed by atoms with Crippen molar-refractivity contribution < 1.29 is 24.3 Å². The number of hydrogen-bond donors (Lipinski definition) is 1. The van der Waals surface area contributed by atoms with Crippen LogP contribution in [-0.2, 0) is 19.2 Å². The number of unbranched alkanes of at least 4 members (excludes halogenated alkanes) is 9. The average Bonchev–Trinajstić information content (AvgIpc) is 2.64. The number of Topliss-reactive ketones (excluding diaryl/α,β-unsaturated/α-hetero) is 3. The van der Waals surface area contributed by atoms with E-state index in [2.05, 4.69) is 6.92 Å². The summed E-state index contributed by atoms with van der Waals surface area (Å²) in [5.74, 6) is -1.18. The number of ketones is 3. The Kier molecular flexibility index (Phi) is 16.9. The zero-order valence-electron chi connectivity index (χ0n) is 17.1. The molecule has 0 saturated carbocycles. The number of carboxylic acids is 1. The standard InChI is InChI=1S/C22H38O5/c1-2-3-4-5-6-7-8-9-10-11-12-19(23)13-14-20(24)15-16-21(25)17-18-22(26)27/h2-18H2,1H3,(H,26,27). The SMILES string of the molecule is CCCCCCCCCCCCC(=O)CCC(=O)CCC(=O)CCC(=O)O. The van der Waals surface area contributed by atoms with Crippen LogP contribution in [0, 0.1) is 0 Å². The normalized spacial score (nSPS) is 10.7. The molecule has 0 bridgehead atoms. The van der Waals surface area contributed by atoms with E-state index < -0.39 is 5.97 Å². The molecular formula is C22H38O5. The van der Waals surface area contributed by atoms with Crippen molar-refractivity contribution in [3.8, 4) is 0 Å². The monoisotopic (exact) mass is 382 g/mol. The molecule has 0 aromatic heterocycles. The van der Waals surface area contributed by atoms with Gasteiger partial charge in [0.15, 0.2) is 0 Å². The summed E-state index contributed by atoms with van der Waals surface area (Å²) in [6.45, 7) is 2.23. The largest absolute Gasteiger partial charge is 0.481 e. The van der Waals surface area contributed by atoms with Crippen molar-refractivity contribution in [2.75, 3.05) is 0 Å². The Morgan fingerprint density at radius 2 is 0.815 bits per heavy atom. The third kappa shape index (κ3) is 19.1. The summed E-state index contributed by atoms with van der Waals surface area (Å²) < 4.78 is 0. The van der Waals surface area contributed by atoms with E-state index in [9.17, 15) is 19.2 Å². The Morgan fingerprint density at radius 1 is 0.481 bits per heavy atom. The van der Waals surface area contributed by atoms with Gasteiger partial charge in [-0.05, 0) is 6.42 Å². The smallest absolute Gasteiger partial charge is 0.303 e. The van der Waals surface area contributed by atoms with Gasteiger partial charge in [-0.1, -0.05) is 64.7 Å². The average molecular weight is 383 g/mol. The first-order chi connectivity index (χ1) is 13.0. The third-order valence-corrected chi connectivity index (χ3v) is 4.79. The molecule has 0 atom stereocenters. The fourth-order valence-corrected chi connectivity index (χ4v) is 2.99. The number of rotatable bonds is 20. The Morgan fingerprint density at radius 3 is 1.22 bits per heavy atom. The maximum absolute atomic E-state index is 11.8. The van der Waals surface area contributed by atoms with E-state index in [4.69, 9.17) is 5.11 Å². The lowest BCUT2D eigenvalue weighted by Gasteiger charge is -2.03. The molecule has 0 aliphatic carbocycles. The maximum atomic E-state index is 11.8. The molecule has 27 heavy (non-hydrogen) atoms. The predicted molar refractivity (Wildman–Crippen MR) is 107 cm³/mol. The highest BCUT2D eigenvalue weighted by Crippen LogP contribution is 2.12. The van der Waals surface area contributed by atoms with Gasteiger partial charge in [-0.2, -0.15) is 0 Å². The highest BCUT2D eigenvalue weighted by Gasteiger charge is 2.11. The summed E-state index contributed by atoms with van der Waals surface area (Å²) in [6, 6.07) is 0. The molecule has 156 valence electrons. The molecule has 0 fully saturated rings. The van der Waals surface area contributed by atoms with Gasteiger partial charge in [0.1, 0.15) is 17.3 Å². The molecule has 0 aliphatic rings. The van der Waals surface area contributed by atoms with Crippen molar-refractivity contribution in [2.24, 2.45) is 0 Å². The van der Waals surface area contributed by atoms with Crippen LogP contribution in [0.15, 0.2) is 0 Å². The van der Waals surface area contributed by atoms with Crippen molar-refractivity contribution in [2.45, 2.75) is 116 Å². The fourth-order valence-electron chi connectivity index (χ4n) is 2.99. The van der Waals surface area contributed by atoms with Crippen LogP contribution in [0.5, 0.6) is 0 Å². The van der Waals surface area contributed by atoms with E-state index in [-0.39, 0.29) is 55.9 Å². The highest BCUT2D eigenvalue weighted by atomic mass is 16.4. The summed E-state index contributed by atoms with van der Waals surface area (Å²) in [6.07, 6.45) is 13.3. The van der Waals surface area contributed by atoms with Crippen molar-refractivity contribution in [3.63, 3.8) is 0 Å². The lowest BCUT2D eigenvalue weighted by Crippen LogP contribution is -2.08. The highest BCUT2D eigenvalue weighted by molar-refractivity contribution is 5.89. The van der Waals surface area contributed by atoms with Gasteiger partial charge >= 0.3 is 5.97 Å². The molecule has 0 radical (unpaired) electrons. The summed E-state index contributed by atoms with van der Waals surface area (Å²) in [4.78, 5) is 45.3. The van der Waals surface area contributed by atoms with Crippen molar-refractivity contribution >= 4 is 23.3 Å². The Labute approximate surface area is 164 Å². The molecule has 0 spiro atoms. The Bertz CT molecular complexity index is 442. The molecule has 0 heterocycles. The topological polar surface area (TPSA) is 88.5 Å². The zero-order valence-corrected chi connectivity index (χ0v) is 17.1. The van der Waals surface area contributed by atoms with E-state index in [0.717, 1.165) is 12.8 Å². The van der Waals surface area contributed by atoms with Crippen LogP contribution in [0.25, 0.3) is 0 Å². The molecule has 0 unspecified atom stereocenters. The summed E-state index contributed by atoms with van der Waals surface area (Å²) in [5, 5.41) is 8.50.